The molecule has 1 unspecified atom stereocenters. The van der Waals surface area contributed by atoms with Crippen molar-refractivity contribution in [2.24, 2.45) is 0 Å². The smallest absolute Gasteiger partial charge is 0.384 e. The molecule has 7 heteroatoms. The Morgan fingerprint density at radius 1 is 1.44 bits per heavy atom. The largest absolute Gasteiger partial charge is 0.578 e. The van der Waals surface area contributed by atoms with E-state index in [0.717, 1.165) is 19.3 Å². The van der Waals surface area contributed by atoms with E-state index in [9.17, 15) is 13.0 Å². The minimum Gasteiger partial charge on any atom is -0.384 e. The molecule has 1 rings (SSSR count). The van der Waals surface area contributed by atoms with Gasteiger partial charge in [-0.25, -0.2) is 13.0 Å². The molecule has 0 spiro atoms. The highest BCUT2D eigenvalue weighted by Crippen LogP contribution is 2.31. The lowest BCUT2D eigenvalue weighted by atomic mass is 10.1. The normalized spacial score (nSPS) is 18.0. The van der Waals surface area contributed by atoms with Crippen LogP contribution in [0, 0.1) is 0 Å². The van der Waals surface area contributed by atoms with Gasteiger partial charge in [0.05, 0.1) is 0 Å². The average molecular weight is 280 g/mol. The summed E-state index contributed by atoms with van der Waals surface area (Å²) in [6.07, 6.45) is 3.16. The lowest BCUT2D eigenvalue weighted by Gasteiger charge is -2.22. The molecule has 106 valence electrons. The molecule has 0 aromatic rings. The maximum atomic E-state index is 13.2. The van der Waals surface area contributed by atoms with Gasteiger partial charge in [-0.1, -0.05) is 26.2 Å². The molecule has 1 saturated heterocycles. The summed E-state index contributed by atoms with van der Waals surface area (Å²) in [4.78, 5) is 21.8. The second-order valence-electron chi connectivity index (χ2n) is 4.79. The molecule has 2 N–H and O–H groups in total. The molecule has 0 radical (unpaired) electrons. The first-order valence-corrected chi connectivity index (χ1v) is 8.36. The van der Waals surface area contributed by atoms with E-state index in [4.69, 9.17) is 4.80 Å². The van der Waals surface area contributed by atoms with E-state index in [2.05, 4.69) is 5.32 Å². The number of unbranched alkanes of at least 4 members (excludes halogenated alkanes) is 2. The summed E-state index contributed by atoms with van der Waals surface area (Å²) in [7, 11) is -5.09. The molecule has 1 aliphatic heterocycles. The lowest BCUT2D eigenvalue weighted by Crippen LogP contribution is -2.35. The second kappa shape index (κ2) is 7.03. The van der Waals surface area contributed by atoms with E-state index in [0.29, 0.717) is 26.1 Å². The van der Waals surface area contributed by atoms with Gasteiger partial charge in [-0.05, 0) is 12.8 Å². The van der Waals surface area contributed by atoms with Gasteiger partial charge in [0.25, 0.3) is 0 Å². The molecule has 0 saturated carbocycles. The molecule has 0 aromatic carbocycles. The molecular formula is C11H22F2N2O2Si. The molecule has 1 atom stereocenters. The van der Waals surface area contributed by atoms with Crippen LogP contribution in [0.3, 0.4) is 0 Å². The van der Waals surface area contributed by atoms with Crippen molar-refractivity contribution in [3.63, 3.8) is 0 Å². The second-order valence-corrected chi connectivity index (χ2v) is 6.78. The fourth-order valence-electron chi connectivity index (χ4n) is 2.17. The molecular weight excluding hydrogens is 258 g/mol. The van der Waals surface area contributed by atoms with Crippen molar-refractivity contribution in [1.29, 1.82) is 0 Å². The predicted molar refractivity (Wildman–Crippen MR) is 67.7 cm³/mol. The number of urea groups is 1. The first kappa shape index (κ1) is 15.4. The highest BCUT2D eigenvalue weighted by molar-refractivity contribution is 6.59. The summed E-state index contributed by atoms with van der Waals surface area (Å²) in [5, 5.41) is 2.63. The zero-order valence-electron chi connectivity index (χ0n) is 10.8. The lowest BCUT2D eigenvalue weighted by molar-refractivity contribution is 0.214. The average Bonchev–Trinajstić information content (AvgIpc) is 2.67. The maximum Gasteiger partial charge on any atom is 0.578 e. The quantitative estimate of drug-likeness (QED) is 0.407. The number of hydrogen-bond acceptors (Lipinski definition) is 2. The number of nitrogens with zero attached hydrogens (tertiary/aromatic N) is 1. The van der Waals surface area contributed by atoms with Gasteiger partial charge in [0.1, 0.15) is 0 Å². The van der Waals surface area contributed by atoms with E-state index in [1.165, 1.54) is 4.90 Å². The van der Waals surface area contributed by atoms with Gasteiger partial charge in [-0.2, -0.15) is 0 Å². The number of carbonyl (C=O) groups excluding carboxylic acids is 1. The predicted octanol–water partition coefficient (Wildman–Crippen LogP) is 2.22. The van der Waals surface area contributed by atoms with Crippen LogP contribution < -0.4 is 5.32 Å². The fraction of sp³-hybridized carbons (Fsp3) is 0.909. The van der Waals surface area contributed by atoms with Crippen LogP contribution in [0.15, 0.2) is 0 Å². The van der Waals surface area contributed by atoms with Crippen molar-refractivity contribution in [2.75, 3.05) is 19.6 Å². The molecule has 4 nitrogen and oxygen atoms in total. The van der Waals surface area contributed by atoms with E-state index < -0.39 is 14.5 Å². The zero-order valence-corrected chi connectivity index (χ0v) is 11.8. The summed E-state index contributed by atoms with van der Waals surface area (Å²) < 4.78 is 26.3. The van der Waals surface area contributed by atoms with Crippen LogP contribution in [0.4, 0.5) is 13.0 Å². The third-order valence-corrected chi connectivity index (χ3v) is 4.90. The van der Waals surface area contributed by atoms with Crippen molar-refractivity contribution in [1.82, 2.24) is 10.2 Å². The standard InChI is InChI=1S/C11H22F2N2O2Si/c1-2-3-4-5-10(18(12,13)17)6-8-15-9-7-14-11(15)16/h10,17H,2-9H2,1H3,(H,14,16). The molecule has 18 heavy (non-hydrogen) atoms. The van der Waals surface area contributed by atoms with Crippen LogP contribution in [-0.2, 0) is 0 Å². The monoisotopic (exact) mass is 280 g/mol. The molecule has 0 aliphatic carbocycles. The number of nitrogens with one attached hydrogen (secondary N) is 1. The minimum atomic E-state index is -5.09. The zero-order chi connectivity index (χ0) is 13.6. The van der Waals surface area contributed by atoms with Crippen molar-refractivity contribution in [2.45, 2.75) is 44.6 Å². The Hall–Kier alpha value is -0.693. The number of hydrogen-bond donors (Lipinski definition) is 2. The van der Waals surface area contributed by atoms with E-state index >= 15 is 0 Å². The highest BCUT2D eigenvalue weighted by atomic mass is 28.4. The number of carbonyl (C=O) groups is 1. The maximum absolute atomic E-state index is 13.2. The molecule has 2 amide bonds. The van der Waals surface area contributed by atoms with Crippen LogP contribution in [0.2, 0.25) is 5.54 Å². The van der Waals surface area contributed by atoms with Gasteiger partial charge in [0, 0.05) is 25.2 Å². The van der Waals surface area contributed by atoms with Gasteiger partial charge < -0.3 is 15.0 Å². The Bertz CT molecular complexity index is 274. The minimum absolute atomic E-state index is 0.190. The summed E-state index contributed by atoms with van der Waals surface area (Å²) in [5.74, 6) is 0. The van der Waals surface area contributed by atoms with Crippen molar-refractivity contribution in [3.8, 4) is 0 Å². The third kappa shape index (κ3) is 4.89. The van der Waals surface area contributed by atoms with E-state index in [1.807, 2.05) is 6.92 Å². The Kier molecular flexibility index (Phi) is 6.00. The van der Waals surface area contributed by atoms with Gasteiger partial charge >= 0.3 is 15.0 Å². The number of amides is 2. The molecule has 0 aromatic heterocycles. The molecule has 1 aliphatic rings. The SMILES string of the molecule is CCCCCC(CCN1CCNC1=O)[Si](O)(F)F. The van der Waals surface area contributed by atoms with E-state index in [-0.39, 0.29) is 12.5 Å². The summed E-state index contributed by atoms with van der Waals surface area (Å²) in [6, 6.07) is -0.190. The van der Waals surface area contributed by atoms with Crippen LogP contribution in [0.1, 0.15) is 39.0 Å². The van der Waals surface area contributed by atoms with Crippen molar-refractivity contribution in [3.05, 3.63) is 0 Å². The van der Waals surface area contributed by atoms with Crippen LogP contribution in [0.5, 0.6) is 0 Å². The van der Waals surface area contributed by atoms with E-state index in [1.54, 1.807) is 0 Å². The third-order valence-electron chi connectivity index (χ3n) is 3.34. The molecule has 1 fully saturated rings. The first-order chi connectivity index (χ1) is 8.45. The first-order valence-electron chi connectivity index (χ1n) is 6.58. The summed E-state index contributed by atoms with van der Waals surface area (Å²) >= 11 is 0. The molecule has 0 bridgehead atoms. The number of rotatable bonds is 8. The topological polar surface area (TPSA) is 52.6 Å². The van der Waals surface area contributed by atoms with Crippen LogP contribution in [-0.4, -0.2) is 44.3 Å². The molecule has 1 heterocycles. The van der Waals surface area contributed by atoms with Gasteiger partial charge in [0.2, 0.25) is 0 Å². The summed E-state index contributed by atoms with van der Waals surface area (Å²) in [5.41, 5.74) is -0.919. The highest BCUT2D eigenvalue weighted by Gasteiger charge is 2.43. The summed E-state index contributed by atoms with van der Waals surface area (Å²) in [6.45, 7) is 3.47. The Morgan fingerprint density at radius 3 is 2.67 bits per heavy atom. The van der Waals surface area contributed by atoms with Crippen molar-refractivity contribution < 1.29 is 17.8 Å². The van der Waals surface area contributed by atoms with Gasteiger partial charge in [-0.3, -0.25) is 0 Å². The Labute approximate surface area is 108 Å². The van der Waals surface area contributed by atoms with Crippen LogP contribution >= 0.6 is 0 Å². The van der Waals surface area contributed by atoms with Gasteiger partial charge in [-0.15, -0.1) is 0 Å². The Morgan fingerprint density at radius 2 is 2.17 bits per heavy atom. The van der Waals surface area contributed by atoms with Crippen LogP contribution in [0.25, 0.3) is 0 Å². The fourth-order valence-corrected chi connectivity index (χ4v) is 3.20. The van der Waals surface area contributed by atoms with Crippen molar-refractivity contribution >= 4 is 15.0 Å². The Balaban J connectivity index is 2.38. The van der Waals surface area contributed by atoms with Gasteiger partial charge in [0.15, 0.2) is 0 Å². The number of halogens is 2.